The molecule has 28 heavy (non-hydrogen) atoms. The Morgan fingerprint density at radius 2 is 1.82 bits per heavy atom. The molecule has 0 aliphatic carbocycles. The van der Waals surface area contributed by atoms with Crippen LogP contribution in [0.1, 0.15) is 11.4 Å². The molecule has 0 aliphatic rings. The lowest BCUT2D eigenvalue weighted by Crippen LogP contribution is -2.29. The number of imidazole rings is 1. The molecule has 0 amide bonds. The summed E-state index contributed by atoms with van der Waals surface area (Å²) in [6, 6.07) is 4.62. The maximum Gasteiger partial charge on any atom is 0.242 e. The molecule has 2 heterocycles. The van der Waals surface area contributed by atoms with Gasteiger partial charge in [0, 0.05) is 36.6 Å². The van der Waals surface area contributed by atoms with Crippen molar-refractivity contribution in [2.24, 2.45) is 0 Å². The molecule has 148 valence electrons. The Morgan fingerprint density at radius 1 is 1.04 bits per heavy atom. The van der Waals surface area contributed by atoms with Crippen molar-refractivity contribution in [3.05, 3.63) is 58.4 Å². The van der Waals surface area contributed by atoms with E-state index in [-0.39, 0.29) is 16.5 Å². The van der Waals surface area contributed by atoms with Gasteiger partial charge in [-0.3, -0.25) is 4.57 Å². The van der Waals surface area contributed by atoms with Crippen molar-refractivity contribution >= 4 is 39.0 Å². The maximum absolute atomic E-state index is 12.5. The van der Waals surface area contributed by atoms with Gasteiger partial charge in [0.25, 0.3) is 0 Å². The van der Waals surface area contributed by atoms with E-state index in [2.05, 4.69) is 25.0 Å². The third-order valence-corrected chi connectivity index (χ3v) is 6.28. The number of benzene rings is 1. The van der Waals surface area contributed by atoms with E-state index in [1.165, 1.54) is 18.5 Å². The molecule has 0 radical (unpaired) electrons. The molecular weight excluding hydrogens is 423 g/mol. The Labute approximate surface area is 173 Å². The summed E-state index contributed by atoms with van der Waals surface area (Å²) >= 11 is 12.0. The highest BCUT2D eigenvalue weighted by molar-refractivity contribution is 7.89. The van der Waals surface area contributed by atoms with Gasteiger partial charge in [0.2, 0.25) is 10.0 Å². The fourth-order valence-electron chi connectivity index (χ4n) is 2.49. The van der Waals surface area contributed by atoms with Gasteiger partial charge in [-0.05, 0) is 31.5 Å². The Bertz CT molecular complexity index is 1100. The van der Waals surface area contributed by atoms with E-state index < -0.39 is 10.0 Å². The third kappa shape index (κ3) is 4.61. The molecule has 0 saturated heterocycles. The van der Waals surface area contributed by atoms with Crippen LogP contribution in [0.15, 0.2) is 41.8 Å². The summed E-state index contributed by atoms with van der Waals surface area (Å²) in [5.41, 5.74) is 0.632. The minimum Gasteiger partial charge on any atom is -0.369 e. The average Bonchev–Trinajstić information content (AvgIpc) is 3.08. The van der Waals surface area contributed by atoms with Gasteiger partial charge in [0.05, 0.1) is 5.02 Å². The predicted octanol–water partition coefficient (Wildman–Crippen LogP) is 2.98. The molecule has 0 atom stereocenters. The van der Waals surface area contributed by atoms with Crippen LogP contribution in [0.4, 0.5) is 5.82 Å². The fraction of sp³-hybridized carbons (Fsp3) is 0.235. The van der Waals surface area contributed by atoms with E-state index in [0.29, 0.717) is 28.8 Å². The minimum absolute atomic E-state index is 0.00373. The van der Waals surface area contributed by atoms with Crippen LogP contribution in [0.25, 0.3) is 5.82 Å². The molecule has 0 unspecified atom stereocenters. The van der Waals surface area contributed by atoms with E-state index >= 15 is 0 Å². The van der Waals surface area contributed by atoms with Crippen LogP contribution in [-0.2, 0) is 10.0 Å². The van der Waals surface area contributed by atoms with Crippen molar-refractivity contribution in [3.63, 3.8) is 0 Å². The van der Waals surface area contributed by atoms with E-state index in [4.69, 9.17) is 23.2 Å². The van der Waals surface area contributed by atoms with Crippen molar-refractivity contribution in [2.75, 3.05) is 18.4 Å². The first kappa shape index (κ1) is 20.5. The highest BCUT2D eigenvalue weighted by atomic mass is 35.5. The largest absolute Gasteiger partial charge is 0.369 e. The lowest BCUT2D eigenvalue weighted by molar-refractivity contribution is 0.583. The molecule has 3 aromatic rings. The topological polar surface area (TPSA) is 102 Å². The molecule has 2 aromatic heterocycles. The highest BCUT2D eigenvalue weighted by Crippen LogP contribution is 2.27. The zero-order chi connectivity index (χ0) is 20.3. The van der Waals surface area contributed by atoms with Crippen molar-refractivity contribution in [2.45, 2.75) is 18.7 Å². The Morgan fingerprint density at radius 3 is 2.54 bits per heavy atom. The average molecular weight is 441 g/mol. The van der Waals surface area contributed by atoms with Crippen molar-refractivity contribution in [1.82, 2.24) is 24.2 Å². The molecule has 0 spiro atoms. The third-order valence-electron chi connectivity index (χ3n) is 3.95. The second kappa shape index (κ2) is 8.44. The van der Waals surface area contributed by atoms with E-state index in [1.54, 1.807) is 25.4 Å². The lowest BCUT2D eigenvalue weighted by Gasteiger charge is -2.11. The molecule has 0 aliphatic heterocycles. The molecular formula is C17H18Cl2N6O2S. The minimum atomic E-state index is -3.76. The van der Waals surface area contributed by atoms with E-state index in [9.17, 15) is 8.42 Å². The van der Waals surface area contributed by atoms with Crippen molar-refractivity contribution in [1.29, 1.82) is 0 Å². The molecule has 1 aromatic carbocycles. The number of sulfonamides is 1. The number of anilines is 1. The summed E-state index contributed by atoms with van der Waals surface area (Å²) in [6.07, 6.45) is 4.91. The van der Waals surface area contributed by atoms with Crippen LogP contribution in [0.3, 0.4) is 0 Å². The predicted molar refractivity (Wildman–Crippen MR) is 109 cm³/mol. The lowest BCUT2D eigenvalue weighted by atomic mass is 10.2. The van der Waals surface area contributed by atoms with Gasteiger partial charge < -0.3 is 5.32 Å². The summed E-state index contributed by atoms with van der Waals surface area (Å²) in [7, 11) is -3.76. The van der Waals surface area contributed by atoms with Crippen LogP contribution in [0, 0.1) is 13.8 Å². The zero-order valence-corrected chi connectivity index (χ0v) is 17.5. The van der Waals surface area contributed by atoms with Crippen LogP contribution < -0.4 is 10.0 Å². The summed E-state index contributed by atoms with van der Waals surface area (Å²) in [6.45, 7) is 4.05. The van der Waals surface area contributed by atoms with Crippen LogP contribution in [0.5, 0.6) is 0 Å². The van der Waals surface area contributed by atoms with Crippen molar-refractivity contribution < 1.29 is 8.42 Å². The van der Waals surface area contributed by atoms with E-state index in [1.807, 2.05) is 11.5 Å². The Kier molecular flexibility index (Phi) is 6.19. The quantitative estimate of drug-likeness (QED) is 0.547. The molecule has 0 saturated carbocycles. The molecule has 8 nitrogen and oxygen atoms in total. The summed E-state index contributed by atoms with van der Waals surface area (Å²) < 4.78 is 29.3. The molecule has 2 N–H and O–H groups in total. The monoisotopic (exact) mass is 440 g/mol. The Balaban J connectivity index is 1.62. The molecule has 3 rings (SSSR count). The maximum atomic E-state index is 12.5. The van der Waals surface area contributed by atoms with Gasteiger partial charge in [-0.15, -0.1) is 0 Å². The van der Waals surface area contributed by atoms with Crippen molar-refractivity contribution in [3.8, 4) is 5.82 Å². The van der Waals surface area contributed by atoms with Gasteiger partial charge >= 0.3 is 0 Å². The first-order chi connectivity index (χ1) is 13.3. The standard InChI is InChI=1S/C17H18Cl2N6O2S/c1-11-7-15(14(19)8-13(11)18)28(26,27)24-4-3-21-16-9-17(23-10-22-16)25-6-5-20-12(25)2/h5-10,24H,3-4H2,1-2H3,(H,21,22,23). The molecule has 11 heteroatoms. The summed E-state index contributed by atoms with van der Waals surface area (Å²) in [5, 5.41) is 3.55. The van der Waals surface area contributed by atoms with Crippen LogP contribution >= 0.6 is 23.2 Å². The number of hydrogen-bond donors (Lipinski definition) is 2. The Hall–Kier alpha value is -2.20. The first-order valence-electron chi connectivity index (χ1n) is 8.29. The van der Waals surface area contributed by atoms with Gasteiger partial charge in [0.1, 0.15) is 28.7 Å². The number of hydrogen-bond acceptors (Lipinski definition) is 6. The van der Waals surface area contributed by atoms with Crippen LogP contribution in [0.2, 0.25) is 10.0 Å². The van der Waals surface area contributed by atoms with Gasteiger partial charge in [-0.25, -0.2) is 28.1 Å². The molecule has 0 fully saturated rings. The van der Waals surface area contributed by atoms with Gasteiger partial charge in [-0.1, -0.05) is 23.2 Å². The number of rotatable bonds is 7. The second-order valence-corrected chi connectivity index (χ2v) is 8.51. The summed E-state index contributed by atoms with van der Waals surface area (Å²) in [4.78, 5) is 12.5. The number of aromatic nitrogens is 4. The zero-order valence-electron chi connectivity index (χ0n) is 15.1. The second-order valence-electron chi connectivity index (χ2n) is 5.96. The number of aryl methyl sites for hydroxylation is 2. The number of halogens is 2. The van der Waals surface area contributed by atoms with Gasteiger partial charge in [0.15, 0.2) is 0 Å². The highest BCUT2D eigenvalue weighted by Gasteiger charge is 2.18. The SMILES string of the molecule is Cc1cc(S(=O)(=O)NCCNc2cc(-n3ccnc3C)ncn2)c(Cl)cc1Cl. The normalized spacial score (nSPS) is 11.6. The van der Waals surface area contributed by atoms with E-state index in [0.717, 1.165) is 5.82 Å². The summed E-state index contributed by atoms with van der Waals surface area (Å²) in [5.74, 6) is 2.03. The van der Waals surface area contributed by atoms with Gasteiger partial charge in [-0.2, -0.15) is 0 Å². The smallest absolute Gasteiger partial charge is 0.242 e. The molecule has 0 bridgehead atoms. The number of nitrogens with one attached hydrogen (secondary N) is 2. The first-order valence-corrected chi connectivity index (χ1v) is 10.5. The number of nitrogens with zero attached hydrogens (tertiary/aromatic N) is 4. The van der Waals surface area contributed by atoms with Crippen LogP contribution in [-0.4, -0.2) is 41.0 Å². The fourth-order valence-corrected chi connectivity index (χ4v) is 4.35.